The summed E-state index contributed by atoms with van der Waals surface area (Å²) in [5, 5.41) is 5.76. The number of ether oxygens (including phenoxy) is 2. The number of benzene rings is 2. The Morgan fingerprint density at radius 1 is 0.889 bits per heavy atom. The Hall–Kier alpha value is -3.35. The van der Waals surface area contributed by atoms with Crippen molar-refractivity contribution in [1.29, 1.82) is 0 Å². The van der Waals surface area contributed by atoms with Crippen LogP contribution >= 0.6 is 0 Å². The normalized spacial score (nSPS) is 10.0. The van der Waals surface area contributed by atoms with E-state index >= 15 is 0 Å². The smallest absolute Gasteiger partial charge is 0.340 e. The second kappa shape index (κ2) is 9.96. The molecule has 0 aliphatic carbocycles. The van der Waals surface area contributed by atoms with Crippen molar-refractivity contribution in [2.24, 2.45) is 0 Å². The predicted octanol–water partition coefficient (Wildman–Crippen LogP) is 3.09. The topological polar surface area (TPSA) is 93.7 Å². The molecule has 0 unspecified atom stereocenters. The summed E-state index contributed by atoms with van der Waals surface area (Å²) in [6.45, 7) is 2.34. The number of carbonyl (C=O) groups is 3. The lowest BCUT2D eigenvalue weighted by Crippen LogP contribution is -2.19. The number of amides is 1. The van der Waals surface area contributed by atoms with E-state index in [0.717, 1.165) is 0 Å². The molecule has 2 N–H and O–H groups in total. The molecular formula is C20H22N2O5. The molecule has 0 saturated carbocycles. The van der Waals surface area contributed by atoms with Crippen LogP contribution in [0.5, 0.6) is 0 Å². The molecule has 0 aliphatic rings. The molecule has 2 aromatic carbocycles. The molecule has 2 aromatic rings. The van der Waals surface area contributed by atoms with Crippen molar-refractivity contribution in [2.45, 2.75) is 13.3 Å². The highest BCUT2D eigenvalue weighted by molar-refractivity contribution is 6.01. The number of para-hydroxylation sites is 2. The van der Waals surface area contributed by atoms with Crippen molar-refractivity contribution in [3.63, 3.8) is 0 Å². The van der Waals surface area contributed by atoms with Gasteiger partial charge in [-0.3, -0.25) is 4.79 Å². The fraction of sp³-hybridized carbons (Fsp3) is 0.250. The van der Waals surface area contributed by atoms with E-state index in [1.54, 1.807) is 55.5 Å². The van der Waals surface area contributed by atoms with E-state index in [1.165, 1.54) is 7.11 Å². The third kappa shape index (κ3) is 5.57. The van der Waals surface area contributed by atoms with Gasteiger partial charge in [0.1, 0.15) is 0 Å². The van der Waals surface area contributed by atoms with Gasteiger partial charge in [0.2, 0.25) is 5.91 Å². The Kier molecular flexibility index (Phi) is 7.37. The first kappa shape index (κ1) is 20.0. The molecule has 0 aromatic heterocycles. The summed E-state index contributed by atoms with van der Waals surface area (Å²) in [4.78, 5) is 35.9. The zero-order valence-electron chi connectivity index (χ0n) is 15.3. The van der Waals surface area contributed by atoms with Gasteiger partial charge in [-0.2, -0.15) is 0 Å². The van der Waals surface area contributed by atoms with Crippen molar-refractivity contribution in [3.8, 4) is 0 Å². The van der Waals surface area contributed by atoms with Gasteiger partial charge in [0.15, 0.2) is 0 Å². The third-order valence-corrected chi connectivity index (χ3v) is 3.70. The highest BCUT2D eigenvalue weighted by atomic mass is 16.5. The first-order valence-electron chi connectivity index (χ1n) is 8.54. The van der Waals surface area contributed by atoms with E-state index in [9.17, 15) is 14.4 Å². The van der Waals surface area contributed by atoms with Crippen LogP contribution in [-0.2, 0) is 14.3 Å². The zero-order chi connectivity index (χ0) is 19.6. The first-order chi connectivity index (χ1) is 13.1. The fourth-order valence-corrected chi connectivity index (χ4v) is 2.43. The minimum absolute atomic E-state index is 0.146. The molecule has 0 spiro atoms. The summed E-state index contributed by atoms with van der Waals surface area (Å²) in [7, 11) is 1.28. The van der Waals surface area contributed by atoms with Gasteiger partial charge < -0.3 is 20.1 Å². The SMILES string of the molecule is CCOC(=O)c1ccccc1NCCC(=O)Nc1ccccc1C(=O)OC. The minimum atomic E-state index is -0.521. The van der Waals surface area contributed by atoms with Crippen LogP contribution in [-0.4, -0.2) is 38.1 Å². The molecule has 0 aliphatic heterocycles. The molecule has 7 heteroatoms. The average Bonchev–Trinajstić information content (AvgIpc) is 2.68. The highest BCUT2D eigenvalue weighted by Crippen LogP contribution is 2.18. The largest absolute Gasteiger partial charge is 0.465 e. The Labute approximate surface area is 157 Å². The lowest BCUT2D eigenvalue weighted by atomic mass is 10.1. The number of anilines is 2. The summed E-state index contributed by atoms with van der Waals surface area (Å²) >= 11 is 0. The second-order valence-corrected chi connectivity index (χ2v) is 5.53. The molecule has 7 nitrogen and oxygen atoms in total. The van der Waals surface area contributed by atoms with Crippen LogP contribution in [0.1, 0.15) is 34.1 Å². The van der Waals surface area contributed by atoms with Gasteiger partial charge in [0.05, 0.1) is 30.5 Å². The molecular weight excluding hydrogens is 348 g/mol. The van der Waals surface area contributed by atoms with Gasteiger partial charge in [-0.15, -0.1) is 0 Å². The molecule has 0 fully saturated rings. The van der Waals surface area contributed by atoms with E-state index in [-0.39, 0.29) is 24.5 Å². The van der Waals surface area contributed by atoms with Gasteiger partial charge in [0, 0.05) is 18.7 Å². The van der Waals surface area contributed by atoms with Crippen LogP contribution in [0, 0.1) is 0 Å². The highest BCUT2D eigenvalue weighted by Gasteiger charge is 2.14. The van der Waals surface area contributed by atoms with E-state index in [4.69, 9.17) is 9.47 Å². The lowest BCUT2D eigenvalue weighted by molar-refractivity contribution is -0.115. The lowest BCUT2D eigenvalue weighted by Gasteiger charge is -2.12. The predicted molar refractivity (Wildman–Crippen MR) is 102 cm³/mol. The average molecular weight is 370 g/mol. The quantitative estimate of drug-likeness (QED) is 0.694. The molecule has 0 saturated heterocycles. The molecule has 0 radical (unpaired) electrons. The molecule has 1 amide bonds. The maximum absolute atomic E-state index is 12.2. The molecule has 0 heterocycles. The van der Waals surface area contributed by atoms with Crippen LogP contribution in [0.15, 0.2) is 48.5 Å². The Bertz CT molecular complexity index is 820. The van der Waals surface area contributed by atoms with E-state index in [1.807, 2.05) is 0 Å². The number of hydrogen-bond acceptors (Lipinski definition) is 6. The Balaban J connectivity index is 1.95. The molecule has 0 bridgehead atoms. The number of methoxy groups -OCH3 is 1. The van der Waals surface area contributed by atoms with Gasteiger partial charge in [-0.1, -0.05) is 24.3 Å². The van der Waals surface area contributed by atoms with Crippen molar-refractivity contribution >= 4 is 29.2 Å². The van der Waals surface area contributed by atoms with E-state index < -0.39 is 11.9 Å². The van der Waals surface area contributed by atoms with Crippen LogP contribution < -0.4 is 10.6 Å². The number of hydrogen-bond donors (Lipinski definition) is 2. The second-order valence-electron chi connectivity index (χ2n) is 5.53. The molecule has 0 atom stereocenters. The first-order valence-corrected chi connectivity index (χ1v) is 8.54. The zero-order valence-corrected chi connectivity index (χ0v) is 15.3. The number of esters is 2. The van der Waals surface area contributed by atoms with Crippen molar-refractivity contribution in [1.82, 2.24) is 0 Å². The summed E-state index contributed by atoms with van der Waals surface area (Å²) < 4.78 is 9.73. The maximum atomic E-state index is 12.2. The number of nitrogens with one attached hydrogen (secondary N) is 2. The van der Waals surface area contributed by atoms with Crippen LogP contribution in [0.2, 0.25) is 0 Å². The summed E-state index contributed by atoms with van der Waals surface area (Å²) in [6, 6.07) is 13.6. The molecule has 142 valence electrons. The fourth-order valence-electron chi connectivity index (χ4n) is 2.43. The monoisotopic (exact) mass is 370 g/mol. The van der Waals surface area contributed by atoms with Gasteiger partial charge in [-0.25, -0.2) is 9.59 Å². The van der Waals surface area contributed by atoms with Gasteiger partial charge in [0.25, 0.3) is 0 Å². The molecule has 27 heavy (non-hydrogen) atoms. The summed E-state index contributed by atoms with van der Waals surface area (Å²) in [5.41, 5.74) is 1.68. The van der Waals surface area contributed by atoms with Crippen LogP contribution in [0.25, 0.3) is 0 Å². The third-order valence-electron chi connectivity index (χ3n) is 3.70. The van der Waals surface area contributed by atoms with E-state index in [0.29, 0.717) is 23.5 Å². The Morgan fingerprint density at radius 3 is 2.11 bits per heavy atom. The van der Waals surface area contributed by atoms with Gasteiger partial charge in [-0.05, 0) is 31.2 Å². The number of carbonyl (C=O) groups excluding carboxylic acids is 3. The molecule has 2 rings (SSSR count). The van der Waals surface area contributed by atoms with Gasteiger partial charge >= 0.3 is 11.9 Å². The summed E-state index contributed by atoms with van der Waals surface area (Å²) in [5.74, 6) is -1.21. The standard InChI is InChI=1S/C20H22N2O5/c1-3-27-20(25)14-8-4-6-10-16(14)21-13-12-18(23)22-17-11-7-5-9-15(17)19(24)26-2/h4-11,21H,3,12-13H2,1-2H3,(H,22,23). The summed E-state index contributed by atoms with van der Waals surface area (Å²) in [6.07, 6.45) is 0.146. The van der Waals surface area contributed by atoms with Crippen molar-refractivity contribution < 1.29 is 23.9 Å². The minimum Gasteiger partial charge on any atom is -0.465 e. The Morgan fingerprint density at radius 2 is 1.48 bits per heavy atom. The number of rotatable bonds is 8. The van der Waals surface area contributed by atoms with Crippen LogP contribution in [0.3, 0.4) is 0 Å². The van der Waals surface area contributed by atoms with E-state index in [2.05, 4.69) is 10.6 Å². The van der Waals surface area contributed by atoms with Crippen molar-refractivity contribution in [2.75, 3.05) is 30.9 Å². The van der Waals surface area contributed by atoms with Crippen molar-refractivity contribution in [3.05, 3.63) is 59.7 Å². The maximum Gasteiger partial charge on any atom is 0.340 e. The van der Waals surface area contributed by atoms with Crippen LogP contribution in [0.4, 0.5) is 11.4 Å².